The van der Waals surface area contributed by atoms with Crippen molar-refractivity contribution in [2.45, 2.75) is 181 Å². The van der Waals surface area contributed by atoms with Crippen LogP contribution in [0.2, 0.25) is 0 Å². The molecular formula is C38H72O17P2. The van der Waals surface area contributed by atoms with Crippen molar-refractivity contribution in [3.63, 3.8) is 0 Å². The van der Waals surface area contributed by atoms with Gasteiger partial charge in [0, 0.05) is 25.7 Å². The van der Waals surface area contributed by atoms with E-state index in [0.717, 1.165) is 57.8 Å². The van der Waals surface area contributed by atoms with E-state index in [9.17, 15) is 43.2 Å². The Labute approximate surface area is 339 Å². The summed E-state index contributed by atoms with van der Waals surface area (Å²) in [4.78, 5) is 69.3. The molecule has 0 radical (unpaired) electrons. The number of hydrogen-bond donors (Lipinski definition) is 3. The molecule has 17 nitrogen and oxygen atoms in total. The summed E-state index contributed by atoms with van der Waals surface area (Å²) in [6, 6.07) is 0. The molecule has 3 N–H and O–H groups in total. The first-order valence-corrected chi connectivity index (χ1v) is 23.8. The molecule has 0 aliphatic carbocycles. The van der Waals surface area contributed by atoms with E-state index in [1.54, 1.807) is 0 Å². The number of rotatable bonds is 39. The number of carbonyl (C=O) groups is 4. The second-order valence-electron chi connectivity index (χ2n) is 14.0. The molecule has 0 aliphatic heterocycles. The standard InChI is InChI=1S/C38H72O17P2/c1-5-9-13-14-15-16-17-18-21-25-38(43)55-34(29-49-36(41)23-19-10-6-2)31-53-57(46,47)51-27-32(39)26-50-56(44,45)52-30-33(28-48-35(40)22-12-8-4)54-37(42)24-20-11-7-3/h32-34,39H,5-31H2,1-4H3,(H,44,45)(H,46,47)/t32-,33+,34+/m0/s1. The van der Waals surface area contributed by atoms with Gasteiger partial charge < -0.3 is 33.8 Å². The molecule has 0 rings (SSSR count). The van der Waals surface area contributed by atoms with Gasteiger partial charge in [-0.25, -0.2) is 9.13 Å². The third kappa shape index (κ3) is 34.6. The Morgan fingerprint density at radius 3 is 1.12 bits per heavy atom. The fraction of sp³-hybridized carbons (Fsp3) is 0.895. The Bertz CT molecular complexity index is 1170. The average molecular weight is 863 g/mol. The van der Waals surface area contributed by atoms with Crippen molar-refractivity contribution in [3.05, 3.63) is 0 Å². The Morgan fingerprint density at radius 1 is 0.421 bits per heavy atom. The van der Waals surface area contributed by atoms with Gasteiger partial charge in [-0.3, -0.25) is 37.3 Å². The Balaban J connectivity index is 5.00. The Kier molecular flexibility index (Phi) is 33.7. The molecule has 2 unspecified atom stereocenters. The van der Waals surface area contributed by atoms with Crippen LogP contribution in [0.25, 0.3) is 0 Å². The number of unbranched alkanes of at least 4 members (excludes halogenated alkanes) is 13. The zero-order valence-electron chi connectivity index (χ0n) is 34.8. The third-order valence-electron chi connectivity index (χ3n) is 8.35. The Morgan fingerprint density at radius 2 is 0.719 bits per heavy atom. The summed E-state index contributed by atoms with van der Waals surface area (Å²) in [5.74, 6) is -2.26. The second kappa shape index (κ2) is 34.9. The summed E-state index contributed by atoms with van der Waals surface area (Å²) in [6.45, 7) is 4.02. The van der Waals surface area contributed by atoms with Crippen LogP contribution in [0.4, 0.5) is 0 Å². The maximum absolute atomic E-state index is 12.6. The zero-order valence-corrected chi connectivity index (χ0v) is 36.6. The smallest absolute Gasteiger partial charge is 0.462 e. The zero-order chi connectivity index (χ0) is 42.8. The van der Waals surface area contributed by atoms with Gasteiger partial charge in [-0.1, -0.05) is 111 Å². The minimum atomic E-state index is -4.89. The third-order valence-corrected chi connectivity index (χ3v) is 10.3. The molecule has 336 valence electrons. The maximum Gasteiger partial charge on any atom is 0.472 e. The molecule has 0 aliphatic rings. The fourth-order valence-corrected chi connectivity index (χ4v) is 6.59. The minimum absolute atomic E-state index is 0.0871. The van der Waals surface area contributed by atoms with Gasteiger partial charge in [0.25, 0.3) is 0 Å². The first-order valence-electron chi connectivity index (χ1n) is 20.8. The van der Waals surface area contributed by atoms with E-state index in [-0.39, 0.29) is 25.7 Å². The van der Waals surface area contributed by atoms with E-state index >= 15 is 0 Å². The highest BCUT2D eigenvalue weighted by atomic mass is 31.2. The summed E-state index contributed by atoms with van der Waals surface area (Å²) in [7, 11) is -9.78. The van der Waals surface area contributed by atoms with Crippen LogP contribution < -0.4 is 0 Å². The first-order chi connectivity index (χ1) is 27.2. The summed E-state index contributed by atoms with van der Waals surface area (Å²) in [6.07, 6.45) is 11.7. The van der Waals surface area contributed by atoms with Crippen LogP contribution in [0.1, 0.15) is 163 Å². The molecule has 5 atom stereocenters. The van der Waals surface area contributed by atoms with Crippen LogP contribution in [0.5, 0.6) is 0 Å². The number of phosphoric acid groups is 2. The normalized spacial score (nSPS) is 15.1. The highest BCUT2D eigenvalue weighted by molar-refractivity contribution is 7.47. The molecule has 57 heavy (non-hydrogen) atoms. The van der Waals surface area contributed by atoms with Gasteiger partial charge in [0.05, 0.1) is 26.4 Å². The number of ether oxygens (including phenoxy) is 4. The van der Waals surface area contributed by atoms with E-state index in [1.807, 2.05) is 20.8 Å². The van der Waals surface area contributed by atoms with Gasteiger partial charge in [-0.15, -0.1) is 0 Å². The number of esters is 4. The van der Waals surface area contributed by atoms with E-state index in [0.29, 0.717) is 25.7 Å². The summed E-state index contributed by atoms with van der Waals surface area (Å²) >= 11 is 0. The van der Waals surface area contributed by atoms with Crippen molar-refractivity contribution >= 4 is 39.5 Å². The molecule has 0 aromatic rings. The van der Waals surface area contributed by atoms with Crippen LogP contribution in [-0.2, 0) is 65.4 Å². The first kappa shape index (κ1) is 55.1. The molecule has 0 saturated heterocycles. The van der Waals surface area contributed by atoms with E-state index < -0.39 is 97.5 Å². The number of phosphoric ester groups is 2. The van der Waals surface area contributed by atoms with Crippen LogP contribution in [0.15, 0.2) is 0 Å². The predicted octanol–water partition coefficient (Wildman–Crippen LogP) is 7.80. The van der Waals surface area contributed by atoms with Crippen molar-refractivity contribution in [1.82, 2.24) is 0 Å². The molecule has 0 heterocycles. The van der Waals surface area contributed by atoms with Crippen molar-refractivity contribution in [1.29, 1.82) is 0 Å². The molecule has 0 saturated carbocycles. The number of hydrogen-bond acceptors (Lipinski definition) is 15. The lowest BCUT2D eigenvalue weighted by Crippen LogP contribution is -2.30. The van der Waals surface area contributed by atoms with Gasteiger partial charge in [-0.2, -0.15) is 0 Å². The van der Waals surface area contributed by atoms with Crippen LogP contribution >= 0.6 is 15.6 Å². The van der Waals surface area contributed by atoms with Crippen molar-refractivity contribution in [3.8, 4) is 0 Å². The number of aliphatic hydroxyl groups excluding tert-OH is 1. The second-order valence-corrected chi connectivity index (χ2v) is 16.9. The SMILES string of the molecule is CCCCCCCCCCCC(=O)O[C@H](COC(=O)CCCCC)COP(=O)(O)OC[C@@H](O)COP(=O)(O)OC[C@@H](COC(=O)CCCC)OC(=O)CCCCC. The summed E-state index contributed by atoms with van der Waals surface area (Å²) in [5.41, 5.74) is 0. The van der Waals surface area contributed by atoms with Crippen LogP contribution in [0, 0.1) is 0 Å². The van der Waals surface area contributed by atoms with Gasteiger partial charge in [0.1, 0.15) is 19.3 Å². The fourth-order valence-electron chi connectivity index (χ4n) is 5.02. The average Bonchev–Trinajstić information content (AvgIpc) is 3.17. The molecule has 0 fully saturated rings. The van der Waals surface area contributed by atoms with E-state index in [4.69, 9.17) is 37.0 Å². The molecule has 0 spiro atoms. The lowest BCUT2D eigenvalue weighted by atomic mass is 10.1. The van der Waals surface area contributed by atoms with Gasteiger partial charge >= 0.3 is 39.5 Å². The van der Waals surface area contributed by atoms with Gasteiger partial charge in [0.2, 0.25) is 0 Å². The lowest BCUT2D eigenvalue weighted by molar-refractivity contribution is -0.161. The Hall–Kier alpha value is -1.94. The van der Waals surface area contributed by atoms with Crippen LogP contribution in [-0.4, -0.2) is 96.7 Å². The van der Waals surface area contributed by atoms with Gasteiger partial charge in [-0.05, 0) is 25.7 Å². The highest BCUT2D eigenvalue weighted by Gasteiger charge is 2.30. The molecule has 0 aromatic heterocycles. The summed E-state index contributed by atoms with van der Waals surface area (Å²) in [5, 5.41) is 10.2. The van der Waals surface area contributed by atoms with E-state index in [1.165, 1.54) is 25.7 Å². The molecule has 0 bridgehead atoms. The number of aliphatic hydroxyl groups is 1. The van der Waals surface area contributed by atoms with Crippen LogP contribution in [0.3, 0.4) is 0 Å². The largest absolute Gasteiger partial charge is 0.472 e. The minimum Gasteiger partial charge on any atom is -0.462 e. The van der Waals surface area contributed by atoms with Crippen molar-refractivity contribution in [2.75, 3.05) is 39.6 Å². The molecule has 0 amide bonds. The highest BCUT2D eigenvalue weighted by Crippen LogP contribution is 2.45. The van der Waals surface area contributed by atoms with E-state index in [2.05, 4.69) is 6.92 Å². The van der Waals surface area contributed by atoms with Gasteiger partial charge in [0.15, 0.2) is 12.2 Å². The quantitative estimate of drug-likeness (QED) is 0.0231. The maximum atomic E-state index is 12.6. The number of carbonyl (C=O) groups excluding carboxylic acids is 4. The molecule has 19 heteroatoms. The predicted molar refractivity (Wildman–Crippen MR) is 211 cm³/mol. The van der Waals surface area contributed by atoms with Crippen molar-refractivity contribution < 1.29 is 80.2 Å². The topological polar surface area (TPSA) is 237 Å². The monoisotopic (exact) mass is 862 g/mol. The molecular weight excluding hydrogens is 790 g/mol. The summed E-state index contributed by atoms with van der Waals surface area (Å²) < 4.78 is 65.6. The lowest BCUT2D eigenvalue weighted by Gasteiger charge is -2.21. The molecule has 0 aromatic carbocycles. The van der Waals surface area contributed by atoms with Crippen molar-refractivity contribution in [2.24, 2.45) is 0 Å².